The SMILES string of the molecule is O=C(O)CN1C(=O)/C(=C\c2ccc(-c3ccc(F)cc3)o2)SC1=S. The lowest BCUT2D eigenvalue weighted by atomic mass is 10.2. The van der Waals surface area contributed by atoms with E-state index in [1.807, 2.05) is 0 Å². The van der Waals surface area contributed by atoms with Gasteiger partial charge >= 0.3 is 5.97 Å². The van der Waals surface area contributed by atoms with Crippen LogP contribution in [0.4, 0.5) is 4.39 Å². The van der Waals surface area contributed by atoms with Crippen LogP contribution in [0.3, 0.4) is 0 Å². The monoisotopic (exact) mass is 363 g/mol. The lowest BCUT2D eigenvalue weighted by molar-refractivity contribution is -0.140. The molecule has 0 aliphatic carbocycles. The summed E-state index contributed by atoms with van der Waals surface area (Å²) in [4.78, 5) is 24.3. The molecular weight excluding hydrogens is 353 g/mol. The number of hydrogen-bond acceptors (Lipinski definition) is 5. The van der Waals surface area contributed by atoms with Gasteiger partial charge in [0.1, 0.15) is 28.2 Å². The summed E-state index contributed by atoms with van der Waals surface area (Å²) in [6, 6.07) is 9.21. The van der Waals surface area contributed by atoms with E-state index in [1.165, 1.54) is 18.2 Å². The highest BCUT2D eigenvalue weighted by atomic mass is 32.2. The Morgan fingerprint density at radius 2 is 2.00 bits per heavy atom. The van der Waals surface area contributed by atoms with E-state index in [1.54, 1.807) is 24.3 Å². The molecule has 1 aliphatic heterocycles. The number of rotatable bonds is 4. The highest BCUT2D eigenvalue weighted by Crippen LogP contribution is 2.33. The van der Waals surface area contributed by atoms with Gasteiger partial charge in [0.05, 0.1) is 4.91 Å². The van der Waals surface area contributed by atoms with Crippen molar-refractivity contribution in [3.63, 3.8) is 0 Å². The maximum absolute atomic E-state index is 12.9. The molecular formula is C16H10FNO4S2. The van der Waals surface area contributed by atoms with Crippen molar-refractivity contribution in [1.29, 1.82) is 0 Å². The van der Waals surface area contributed by atoms with Crippen molar-refractivity contribution >= 4 is 46.3 Å². The zero-order valence-electron chi connectivity index (χ0n) is 12.1. The first kappa shape index (κ1) is 16.4. The van der Waals surface area contributed by atoms with Crippen molar-refractivity contribution in [2.45, 2.75) is 0 Å². The molecule has 122 valence electrons. The van der Waals surface area contributed by atoms with E-state index >= 15 is 0 Å². The van der Waals surface area contributed by atoms with Gasteiger partial charge in [-0.15, -0.1) is 0 Å². The van der Waals surface area contributed by atoms with Gasteiger partial charge in [0.25, 0.3) is 5.91 Å². The van der Waals surface area contributed by atoms with Crippen molar-refractivity contribution in [3.8, 4) is 11.3 Å². The number of carbonyl (C=O) groups excluding carboxylic acids is 1. The standard InChI is InChI=1S/C16H10FNO4S2/c17-10-3-1-9(2-4-10)12-6-5-11(22-12)7-13-15(21)18(8-14(19)20)16(23)24-13/h1-7H,8H2,(H,19,20)/b13-7+. The molecule has 0 saturated carbocycles. The first-order valence-corrected chi connectivity index (χ1v) is 7.99. The molecule has 0 atom stereocenters. The number of carboxylic acids is 1. The Kier molecular flexibility index (Phi) is 4.50. The average Bonchev–Trinajstić information content (AvgIpc) is 3.09. The number of halogens is 1. The molecule has 1 aromatic carbocycles. The van der Waals surface area contributed by atoms with Crippen LogP contribution >= 0.6 is 24.0 Å². The van der Waals surface area contributed by atoms with Crippen LogP contribution in [0.15, 0.2) is 45.7 Å². The van der Waals surface area contributed by atoms with Crippen LogP contribution in [0.2, 0.25) is 0 Å². The van der Waals surface area contributed by atoms with Crippen molar-refractivity contribution in [3.05, 3.63) is 52.9 Å². The van der Waals surface area contributed by atoms with E-state index < -0.39 is 18.4 Å². The van der Waals surface area contributed by atoms with Gasteiger partial charge in [0.15, 0.2) is 0 Å². The second kappa shape index (κ2) is 6.58. The van der Waals surface area contributed by atoms with E-state index in [0.717, 1.165) is 16.7 Å². The van der Waals surface area contributed by atoms with Crippen molar-refractivity contribution < 1.29 is 23.5 Å². The molecule has 0 unspecified atom stereocenters. The predicted octanol–water partition coefficient (Wildman–Crippen LogP) is 3.37. The van der Waals surface area contributed by atoms with Crippen LogP contribution in [0.5, 0.6) is 0 Å². The Balaban J connectivity index is 1.82. The highest BCUT2D eigenvalue weighted by molar-refractivity contribution is 8.26. The molecule has 8 heteroatoms. The van der Waals surface area contributed by atoms with E-state index in [0.29, 0.717) is 22.0 Å². The Labute approximate surface area is 145 Å². The molecule has 0 spiro atoms. The van der Waals surface area contributed by atoms with E-state index in [2.05, 4.69) is 0 Å². The van der Waals surface area contributed by atoms with Crippen LogP contribution in [0.1, 0.15) is 5.76 Å². The molecule has 1 N–H and O–H groups in total. The molecule has 1 saturated heterocycles. The molecule has 2 aromatic rings. The third-order valence-corrected chi connectivity index (χ3v) is 4.57. The molecule has 3 rings (SSSR count). The Morgan fingerprint density at radius 1 is 1.29 bits per heavy atom. The minimum atomic E-state index is -1.14. The van der Waals surface area contributed by atoms with Gasteiger partial charge in [-0.05, 0) is 36.4 Å². The maximum atomic E-state index is 12.9. The number of aliphatic carboxylic acids is 1. The van der Waals surface area contributed by atoms with Crippen LogP contribution in [0, 0.1) is 5.82 Å². The zero-order valence-corrected chi connectivity index (χ0v) is 13.7. The summed E-state index contributed by atoms with van der Waals surface area (Å²) in [5, 5.41) is 8.81. The summed E-state index contributed by atoms with van der Waals surface area (Å²) >= 11 is 6.04. The lowest BCUT2D eigenvalue weighted by Gasteiger charge is -2.09. The van der Waals surface area contributed by atoms with E-state index in [4.69, 9.17) is 21.7 Å². The Hall–Kier alpha value is -2.45. The van der Waals surface area contributed by atoms with Gasteiger partial charge in [-0.2, -0.15) is 0 Å². The molecule has 0 radical (unpaired) electrons. The van der Waals surface area contributed by atoms with Crippen LogP contribution in [-0.4, -0.2) is 32.7 Å². The number of carboxylic acid groups (broad SMARTS) is 1. The Bertz CT molecular complexity index is 857. The summed E-state index contributed by atoms with van der Waals surface area (Å²) < 4.78 is 18.8. The van der Waals surface area contributed by atoms with Gasteiger partial charge in [-0.3, -0.25) is 14.5 Å². The molecule has 5 nitrogen and oxygen atoms in total. The zero-order chi connectivity index (χ0) is 17.3. The minimum absolute atomic E-state index is 0.193. The number of furan rings is 1. The number of nitrogens with zero attached hydrogens (tertiary/aromatic N) is 1. The predicted molar refractivity (Wildman–Crippen MR) is 91.6 cm³/mol. The third kappa shape index (κ3) is 3.39. The highest BCUT2D eigenvalue weighted by Gasteiger charge is 2.33. The van der Waals surface area contributed by atoms with Gasteiger partial charge in [0.2, 0.25) is 0 Å². The van der Waals surface area contributed by atoms with Gasteiger partial charge in [-0.1, -0.05) is 24.0 Å². The topological polar surface area (TPSA) is 70.8 Å². The second-order valence-corrected chi connectivity index (χ2v) is 6.55. The molecule has 1 aromatic heterocycles. The molecule has 1 fully saturated rings. The quantitative estimate of drug-likeness (QED) is 0.663. The number of benzene rings is 1. The first-order chi connectivity index (χ1) is 11.4. The molecule has 0 bridgehead atoms. The fourth-order valence-corrected chi connectivity index (χ4v) is 3.34. The summed E-state index contributed by atoms with van der Waals surface area (Å²) in [6.45, 7) is -0.471. The number of amides is 1. The maximum Gasteiger partial charge on any atom is 0.323 e. The summed E-state index contributed by atoms with van der Waals surface area (Å²) in [5.74, 6) is -0.990. The Morgan fingerprint density at radius 3 is 2.67 bits per heavy atom. The van der Waals surface area contributed by atoms with Crippen molar-refractivity contribution in [2.75, 3.05) is 6.54 Å². The normalized spacial score (nSPS) is 16.2. The van der Waals surface area contributed by atoms with Gasteiger partial charge in [0, 0.05) is 11.6 Å². The van der Waals surface area contributed by atoms with E-state index in [-0.39, 0.29) is 10.1 Å². The number of hydrogen-bond donors (Lipinski definition) is 1. The lowest BCUT2D eigenvalue weighted by Crippen LogP contribution is -2.33. The molecule has 1 amide bonds. The second-order valence-electron chi connectivity index (χ2n) is 4.87. The third-order valence-electron chi connectivity index (χ3n) is 3.20. The fraction of sp³-hybridized carbons (Fsp3) is 0.0625. The van der Waals surface area contributed by atoms with Crippen LogP contribution in [-0.2, 0) is 9.59 Å². The van der Waals surface area contributed by atoms with Gasteiger partial charge in [-0.25, -0.2) is 4.39 Å². The molecule has 1 aliphatic rings. The van der Waals surface area contributed by atoms with Gasteiger partial charge < -0.3 is 9.52 Å². The summed E-state index contributed by atoms with van der Waals surface area (Å²) in [5.41, 5.74) is 0.703. The molecule has 2 heterocycles. The van der Waals surface area contributed by atoms with Crippen LogP contribution < -0.4 is 0 Å². The molecule has 24 heavy (non-hydrogen) atoms. The largest absolute Gasteiger partial charge is 0.480 e. The number of thiocarbonyl (C=S) groups is 1. The summed E-state index contributed by atoms with van der Waals surface area (Å²) in [7, 11) is 0. The van der Waals surface area contributed by atoms with E-state index in [9.17, 15) is 14.0 Å². The summed E-state index contributed by atoms with van der Waals surface area (Å²) in [6.07, 6.45) is 1.51. The van der Waals surface area contributed by atoms with Crippen molar-refractivity contribution in [1.82, 2.24) is 4.90 Å². The number of thioether (sulfide) groups is 1. The fourth-order valence-electron chi connectivity index (χ4n) is 2.10. The van der Waals surface area contributed by atoms with Crippen LogP contribution in [0.25, 0.3) is 17.4 Å². The average molecular weight is 363 g/mol. The minimum Gasteiger partial charge on any atom is -0.480 e. The first-order valence-electron chi connectivity index (χ1n) is 6.77. The van der Waals surface area contributed by atoms with Crippen molar-refractivity contribution in [2.24, 2.45) is 0 Å². The smallest absolute Gasteiger partial charge is 0.323 e. The number of carbonyl (C=O) groups is 2.